The van der Waals surface area contributed by atoms with Crippen LogP contribution in [0.25, 0.3) is 0 Å². The molecule has 0 saturated heterocycles. The van der Waals surface area contributed by atoms with Gasteiger partial charge in [0.25, 0.3) is 5.91 Å². The molecule has 0 radical (unpaired) electrons. The van der Waals surface area contributed by atoms with Crippen LogP contribution in [0, 0.1) is 0 Å². The van der Waals surface area contributed by atoms with Crippen molar-refractivity contribution >= 4 is 5.91 Å². The van der Waals surface area contributed by atoms with Gasteiger partial charge in [-0.25, -0.2) is 0 Å². The average molecular weight is 297 g/mol. The van der Waals surface area contributed by atoms with Crippen LogP contribution in [0.1, 0.15) is 42.6 Å². The third kappa shape index (κ3) is 4.62. The summed E-state index contributed by atoms with van der Waals surface area (Å²) in [6, 6.07) is 17.5. The molecule has 0 bridgehead atoms. The molecule has 0 saturated carbocycles. The van der Waals surface area contributed by atoms with Crippen molar-refractivity contribution in [2.45, 2.75) is 39.3 Å². The van der Waals surface area contributed by atoms with Crippen molar-refractivity contribution in [3.63, 3.8) is 0 Å². The van der Waals surface area contributed by atoms with Gasteiger partial charge in [0.05, 0.1) is 0 Å². The van der Waals surface area contributed by atoms with Gasteiger partial charge in [0.2, 0.25) is 0 Å². The summed E-state index contributed by atoms with van der Waals surface area (Å²) >= 11 is 0. The Morgan fingerprint density at radius 1 is 1.05 bits per heavy atom. The molecule has 0 aliphatic carbocycles. The Labute approximate surface area is 132 Å². The quantitative estimate of drug-likeness (QED) is 0.832. The van der Waals surface area contributed by atoms with Gasteiger partial charge in [0, 0.05) is 11.6 Å². The Morgan fingerprint density at radius 3 is 2.45 bits per heavy atom. The maximum atomic E-state index is 12.2. The highest BCUT2D eigenvalue weighted by molar-refractivity contribution is 5.94. The maximum Gasteiger partial charge on any atom is 0.251 e. The van der Waals surface area contributed by atoms with Crippen molar-refractivity contribution in [1.29, 1.82) is 0 Å². The van der Waals surface area contributed by atoms with E-state index in [1.165, 1.54) is 0 Å². The van der Waals surface area contributed by atoms with Gasteiger partial charge in [-0.2, -0.15) is 0 Å². The van der Waals surface area contributed by atoms with E-state index in [0.717, 1.165) is 18.4 Å². The number of benzene rings is 2. The fourth-order valence-electron chi connectivity index (χ4n) is 2.23. The molecule has 22 heavy (non-hydrogen) atoms. The first kappa shape index (κ1) is 16.1. The van der Waals surface area contributed by atoms with E-state index in [-0.39, 0.29) is 11.9 Å². The second-order valence-electron chi connectivity index (χ2n) is 5.29. The van der Waals surface area contributed by atoms with E-state index in [1.807, 2.05) is 48.5 Å². The molecule has 0 aliphatic rings. The summed E-state index contributed by atoms with van der Waals surface area (Å²) in [4.78, 5) is 12.2. The van der Waals surface area contributed by atoms with Gasteiger partial charge in [0.15, 0.2) is 0 Å². The molecule has 0 heterocycles. The average Bonchev–Trinajstić information content (AvgIpc) is 2.59. The first-order valence-corrected chi connectivity index (χ1v) is 7.80. The van der Waals surface area contributed by atoms with Crippen LogP contribution >= 0.6 is 0 Å². The maximum absolute atomic E-state index is 12.2. The van der Waals surface area contributed by atoms with Gasteiger partial charge in [-0.15, -0.1) is 0 Å². The molecule has 0 spiro atoms. The highest BCUT2D eigenvalue weighted by Crippen LogP contribution is 2.15. The Morgan fingerprint density at radius 2 is 1.77 bits per heavy atom. The van der Waals surface area contributed by atoms with Crippen LogP contribution in [0.15, 0.2) is 54.6 Å². The number of rotatable bonds is 7. The summed E-state index contributed by atoms with van der Waals surface area (Å²) in [6.07, 6.45) is 1.87. The Balaban J connectivity index is 1.99. The van der Waals surface area contributed by atoms with Crippen LogP contribution in [-0.4, -0.2) is 11.9 Å². The van der Waals surface area contributed by atoms with Crippen molar-refractivity contribution in [2.24, 2.45) is 0 Å². The summed E-state index contributed by atoms with van der Waals surface area (Å²) in [5.41, 5.74) is 1.74. The molecule has 2 rings (SSSR count). The summed E-state index contributed by atoms with van der Waals surface area (Å²) in [5, 5.41) is 3.04. The number of hydrogen-bond donors (Lipinski definition) is 1. The van der Waals surface area contributed by atoms with E-state index in [9.17, 15) is 4.79 Å². The Kier molecular flexibility index (Phi) is 6.01. The van der Waals surface area contributed by atoms with E-state index >= 15 is 0 Å². The van der Waals surface area contributed by atoms with Crippen LogP contribution in [0.4, 0.5) is 0 Å². The summed E-state index contributed by atoms with van der Waals surface area (Å²) in [6.45, 7) is 4.65. The Bertz CT molecular complexity index is 591. The predicted molar refractivity (Wildman–Crippen MR) is 89.1 cm³/mol. The van der Waals surface area contributed by atoms with E-state index in [2.05, 4.69) is 19.2 Å². The monoisotopic (exact) mass is 297 g/mol. The molecule has 0 unspecified atom stereocenters. The lowest BCUT2D eigenvalue weighted by molar-refractivity contribution is 0.0934. The fraction of sp³-hybridized carbons (Fsp3) is 0.316. The molecule has 3 nitrogen and oxygen atoms in total. The molecule has 0 fully saturated rings. The third-order valence-corrected chi connectivity index (χ3v) is 3.67. The molecule has 0 aliphatic heterocycles. The van der Waals surface area contributed by atoms with Gasteiger partial charge in [-0.05, 0) is 36.6 Å². The molecule has 2 aromatic rings. The summed E-state index contributed by atoms with van der Waals surface area (Å²) in [5.74, 6) is 0.667. The molecule has 3 heteroatoms. The van der Waals surface area contributed by atoms with E-state index in [0.29, 0.717) is 17.9 Å². The molecule has 1 amide bonds. The molecule has 116 valence electrons. The number of carbonyl (C=O) groups is 1. The largest absolute Gasteiger partial charge is 0.489 e. The topological polar surface area (TPSA) is 38.3 Å². The number of amides is 1. The molecule has 0 atom stereocenters. The first-order valence-electron chi connectivity index (χ1n) is 7.80. The van der Waals surface area contributed by atoms with Gasteiger partial charge in [-0.1, -0.05) is 50.2 Å². The number of carbonyl (C=O) groups excluding carboxylic acids is 1. The minimum atomic E-state index is -0.0427. The minimum absolute atomic E-state index is 0.0427. The van der Waals surface area contributed by atoms with E-state index in [4.69, 9.17) is 4.74 Å². The van der Waals surface area contributed by atoms with Crippen LogP contribution in [0.2, 0.25) is 0 Å². The van der Waals surface area contributed by atoms with Crippen LogP contribution in [0.3, 0.4) is 0 Å². The zero-order valence-corrected chi connectivity index (χ0v) is 13.2. The van der Waals surface area contributed by atoms with Gasteiger partial charge < -0.3 is 10.1 Å². The van der Waals surface area contributed by atoms with Crippen LogP contribution in [0.5, 0.6) is 5.75 Å². The van der Waals surface area contributed by atoms with Crippen LogP contribution in [-0.2, 0) is 6.61 Å². The molecular formula is C19H23NO2. The second-order valence-corrected chi connectivity index (χ2v) is 5.29. The van der Waals surface area contributed by atoms with Crippen molar-refractivity contribution in [3.8, 4) is 5.75 Å². The number of hydrogen-bond acceptors (Lipinski definition) is 2. The lowest BCUT2D eigenvalue weighted by atomic mass is 10.1. The first-order chi connectivity index (χ1) is 10.7. The van der Waals surface area contributed by atoms with Gasteiger partial charge in [0.1, 0.15) is 12.4 Å². The molecular weight excluding hydrogens is 274 g/mol. The normalized spacial score (nSPS) is 10.5. The van der Waals surface area contributed by atoms with Gasteiger partial charge in [-0.3, -0.25) is 4.79 Å². The second kappa shape index (κ2) is 8.23. The zero-order chi connectivity index (χ0) is 15.8. The van der Waals surface area contributed by atoms with Crippen molar-refractivity contribution in [2.75, 3.05) is 0 Å². The summed E-state index contributed by atoms with van der Waals surface area (Å²) in [7, 11) is 0. The molecule has 0 aromatic heterocycles. The van der Waals surface area contributed by atoms with Crippen molar-refractivity contribution in [1.82, 2.24) is 5.32 Å². The standard InChI is InChI=1S/C19H23NO2/c1-3-17(4-2)20-19(21)16-11-8-12-18(13-16)22-14-15-9-6-5-7-10-15/h5-13,17H,3-4,14H2,1-2H3,(H,20,21). The van der Waals surface area contributed by atoms with E-state index < -0.39 is 0 Å². The predicted octanol–water partition coefficient (Wildman–Crippen LogP) is 4.18. The SMILES string of the molecule is CCC(CC)NC(=O)c1cccc(OCc2ccccc2)c1. The minimum Gasteiger partial charge on any atom is -0.489 e. The summed E-state index contributed by atoms with van der Waals surface area (Å²) < 4.78 is 5.76. The smallest absolute Gasteiger partial charge is 0.251 e. The molecule has 1 N–H and O–H groups in total. The number of ether oxygens (including phenoxy) is 1. The zero-order valence-electron chi connectivity index (χ0n) is 13.2. The van der Waals surface area contributed by atoms with E-state index in [1.54, 1.807) is 6.07 Å². The number of nitrogens with one attached hydrogen (secondary N) is 1. The highest BCUT2D eigenvalue weighted by atomic mass is 16.5. The highest BCUT2D eigenvalue weighted by Gasteiger charge is 2.11. The lowest BCUT2D eigenvalue weighted by Gasteiger charge is -2.15. The third-order valence-electron chi connectivity index (χ3n) is 3.67. The van der Waals surface area contributed by atoms with Crippen molar-refractivity contribution < 1.29 is 9.53 Å². The lowest BCUT2D eigenvalue weighted by Crippen LogP contribution is -2.33. The fourth-order valence-corrected chi connectivity index (χ4v) is 2.23. The van der Waals surface area contributed by atoms with Crippen molar-refractivity contribution in [3.05, 3.63) is 65.7 Å². The van der Waals surface area contributed by atoms with Gasteiger partial charge >= 0.3 is 0 Å². The Hall–Kier alpha value is -2.29. The molecule has 2 aromatic carbocycles. The van der Waals surface area contributed by atoms with Crippen LogP contribution < -0.4 is 10.1 Å².